The lowest BCUT2D eigenvalue weighted by Crippen LogP contribution is -2.41. The summed E-state index contributed by atoms with van der Waals surface area (Å²) in [6.45, 7) is -1.69. The quantitative estimate of drug-likeness (QED) is 0.777. The monoisotopic (exact) mass is 301 g/mol. The van der Waals surface area contributed by atoms with E-state index >= 15 is 0 Å². The van der Waals surface area contributed by atoms with Crippen LogP contribution in [-0.4, -0.2) is 39.3 Å². The Morgan fingerprint density at radius 1 is 1.42 bits per heavy atom. The van der Waals surface area contributed by atoms with E-state index in [1.165, 1.54) is 24.0 Å². The first-order valence-corrected chi connectivity index (χ1v) is 6.47. The van der Waals surface area contributed by atoms with Crippen LogP contribution in [0.3, 0.4) is 0 Å². The van der Waals surface area contributed by atoms with E-state index in [0.717, 1.165) is 6.07 Å². The largest absolute Gasteiger partial charge is 0.372 e. The van der Waals surface area contributed by atoms with Gasteiger partial charge in [-0.2, -0.15) is 8.78 Å². The maximum atomic E-state index is 12.7. The summed E-state index contributed by atoms with van der Waals surface area (Å²) in [7, 11) is -2.97. The van der Waals surface area contributed by atoms with Gasteiger partial charge < -0.3 is 5.32 Å². The number of nitrogens with zero attached hydrogens (tertiary/aromatic N) is 1. The lowest BCUT2D eigenvalue weighted by atomic mass is 10.4. The molecule has 0 bridgehead atoms. The van der Waals surface area contributed by atoms with Crippen molar-refractivity contribution in [1.82, 2.24) is 9.71 Å². The molecule has 0 saturated carbocycles. The van der Waals surface area contributed by atoms with Crippen LogP contribution in [0.5, 0.6) is 0 Å². The van der Waals surface area contributed by atoms with Crippen molar-refractivity contribution in [2.75, 3.05) is 18.9 Å². The van der Waals surface area contributed by atoms with Crippen LogP contribution in [0, 0.1) is 0 Å². The number of aromatic nitrogens is 1. The molecule has 19 heavy (non-hydrogen) atoms. The standard InChI is InChI=1S/C9H11F4N3O2S/c1-14-7-6(3-2-4-15-7)19(17,18)16-5-9(12,13)8(10)11/h2-4,8,16H,5H2,1H3,(H,14,15). The zero-order valence-corrected chi connectivity index (χ0v) is 10.5. The molecule has 5 nitrogen and oxygen atoms in total. The fourth-order valence-electron chi connectivity index (χ4n) is 1.14. The van der Waals surface area contributed by atoms with Crippen LogP contribution >= 0.6 is 0 Å². The van der Waals surface area contributed by atoms with Crippen molar-refractivity contribution in [2.24, 2.45) is 0 Å². The van der Waals surface area contributed by atoms with Crippen LogP contribution in [0.4, 0.5) is 23.4 Å². The number of anilines is 1. The highest BCUT2D eigenvalue weighted by Gasteiger charge is 2.41. The van der Waals surface area contributed by atoms with Crippen molar-refractivity contribution >= 4 is 15.8 Å². The minimum absolute atomic E-state index is 0.0737. The van der Waals surface area contributed by atoms with E-state index in [-0.39, 0.29) is 5.82 Å². The van der Waals surface area contributed by atoms with E-state index in [9.17, 15) is 26.0 Å². The highest BCUT2D eigenvalue weighted by atomic mass is 32.2. The number of rotatable bonds is 6. The van der Waals surface area contributed by atoms with Crippen LogP contribution in [0.15, 0.2) is 23.2 Å². The van der Waals surface area contributed by atoms with Crippen molar-refractivity contribution < 1.29 is 26.0 Å². The van der Waals surface area contributed by atoms with Crippen molar-refractivity contribution in [3.8, 4) is 0 Å². The highest BCUT2D eigenvalue weighted by molar-refractivity contribution is 7.89. The second kappa shape index (κ2) is 5.70. The maximum Gasteiger partial charge on any atom is 0.320 e. The van der Waals surface area contributed by atoms with Crippen molar-refractivity contribution in [1.29, 1.82) is 0 Å². The molecular weight excluding hydrogens is 290 g/mol. The van der Waals surface area contributed by atoms with Crippen LogP contribution in [0.1, 0.15) is 0 Å². The number of hydrogen-bond donors (Lipinski definition) is 2. The highest BCUT2D eigenvalue weighted by Crippen LogP contribution is 2.23. The lowest BCUT2D eigenvalue weighted by Gasteiger charge is -2.16. The fraction of sp³-hybridized carbons (Fsp3) is 0.444. The average molecular weight is 301 g/mol. The number of alkyl halides is 4. The Balaban J connectivity index is 2.94. The van der Waals surface area contributed by atoms with E-state index in [4.69, 9.17) is 0 Å². The molecule has 0 aliphatic carbocycles. The number of sulfonamides is 1. The van der Waals surface area contributed by atoms with Crippen molar-refractivity contribution in [3.05, 3.63) is 18.3 Å². The summed E-state index contributed by atoms with van der Waals surface area (Å²) < 4.78 is 74.0. The van der Waals surface area contributed by atoms with Gasteiger partial charge in [0.1, 0.15) is 10.7 Å². The second-order valence-corrected chi connectivity index (χ2v) is 5.22. The van der Waals surface area contributed by atoms with Gasteiger partial charge in [-0.3, -0.25) is 0 Å². The van der Waals surface area contributed by atoms with Gasteiger partial charge in [-0.15, -0.1) is 0 Å². The molecule has 0 aromatic carbocycles. The molecule has 0 amide bonds. The summed E-state index contributed by atoms with van der Waals surface area (Å²) in [5.74, 6) is -4.51. The Labute approximate surface area is 107 Å². The molecule has 1 aromatic rings. The third-order valence-electron chi connectivity index (χ3n) is 2.11. The number of nitrogens with one attached hydrogen (secondary N) is 2. The predicted molar refractivity (Wildman–Crippen MR) is 59.9 cm³/mol. The van der Waals surface area contributed by atoms with Gasteiger partial charge in [0.25, 0.3) is 0 Å². The molecule has 0 atom stereocenters. The van der Waals surface area contributed by atoms with Crippen LogP contribution < -0.4 is 10.0 Å². The Kier molecular flexibility index (Phi) is 4.69. The zero-order chi connectivity index (χ0) is 14.7. The summed E-state index contributed by atoms with van der Waals surface area (Å²) in [4.78, 5) is 3.28. The van der Waals surface area contributed by atoms with Gasteiger partial charge in [0.15, 0.2) is 0 Å². The normalized spacial score (nSPS) is 12.7. The summed E-state index contributed by atoms with van der Waals surface area (Å²) in [5.41, 5.74) is 0. The minimum atomic E-state index is -4.44. The molecule has 108 valence electrons. The van der Waals surface area contributed by atoms with Crippen molar-refractivity contribution in [3.63, 3.8) is 0 Å². The van der Waals surface area contributed by atoms with Gasteiger partial charge in [-0.25, -0.2) is 26.9 Å². The lowest BCUT2D eigenvalue weighted by molar-refractivity contribution is -0.122. The van der Waals surface area contributed by atoms with Gasteiger partial charge >= 0.3 is 12.3 Å². The molecule has 1 heterocycles. The van der Waals surface area contributed by atoms with Gasteiger partial charge in [-0.1, -0.05) is 0 Å². The van der Waals surface area contributed by atoms with E-state index in [2.05, 4.69) is 10.3 Å². The SMILES string of the molecule is CNc1ncccc1S(=O)(=O)NCC(F)(F)C(F)F. The molecule has 1 aromatic heterocycles. The molecule has 0 saturated heterocycles. The number of hydrogen-bond acceptors (Lipinski definition) is 4. The molecule has 0 fully saturated rings. The molecule has 0 radical (unpaired) electrons. The van der Waals surface area contributed by atoms with Crippen molar-refractivity contribution in [2.45, 2.75) is 17.2 Å². The Bertz CT molecular complexity index is 536. The van der Waals surface area contributed by atoms with E-state index in [0.29, 0.717) is 0 Å². The number of halogens is 4. The number of pyridine rings is 1. The summed E-state index contributed by atoms with van der Waals surface area (Å²) >= 11 is 0. The summed E-state index contributed by atoms with van der Waals surface area (Å²) in [6, 6.07) is 2.39. The molecule has 0 aliphatic heterocycles. The first-order valence-electron chi connectivity index (χ1n) is 4.99. The molecule has 0 spiro atoms. The third kappa shape index (κ3) is 3.77. The smallest absolute Gasteiger partial charge is 0.320 e. The van der Waals surface area contributed by atoms with Gasteiger partial charge in [0.2, 0.25) is 10.0 Å². The Morgan fingerprint density at radius 3 is 2.58 bits per heavy atom. The Morgan fingerprint density at radius 2 is 2.05 bits per heavy atom. The predicted octanol–water partition coefficient (Wildman–Crippen LogP) is 1.30. The minimum Gasteiger partial charge on any atom is -0.372 e. The fourth-order valence-corrected chi connectivity index (χ4v) is 2.35. The Hall–Kier alpha value is -1.42. The first-order chi connectivity index (χ1) is 8.70. The average Bonchev–Trinajstić information content (AvgIpc) is 2.36. The maximum absolute atomic E-state index is 12.7. The van der Waals surface area contributed by atoms with Gasteiger partial charge in [0, 0.05) is 13.2 Å². The molecule has 0 unspecified atom stereocenters. The third-order valence-corrected chi connectivity index (χ3v) is 3.55. The van der Waals surface area contributed by atoms with Gasteiger partial charge in [-0.05, 0) is 12.1 Å². The zero-order valence-electron chi connectivity index (χ0n) is 9.70. The summed E-state index contributed by atoms with van der Waals surface area (Å²) in [6.07, 6.45) is -2.66. The molecule has 1 rings (SSSR count). The van der Waals surface area contributed by atoms with Gasteiger partial charge in [0.05, 0.1) is 6.54 Å². The van der Waals surface area contributed by atoms with Crippen LogP contribution in [0.25, 0.3) is 0 Å². The first kappa shape index (κ1) is 15.6. The van der Waals surface area contributed by atoms with E-state index in [1.807, 2.05) is 0 Å². The molecule has 10 heteroatoms. The van der Waals surface area contributed by atoms with Crippen LogP contribution in [0.2, 0.25) is 0 Å². The molecular formula is C9H11F4N3O2S. The van der Waals surface area contributed by atoms with E-state index < -0.39 is 33.8 Å². The second-order valence-electron chi connectivity index (χ2n) is 3.49. The van der Waals surface area contributed by atoms with E-state index in [1.54, 1.807) is 0 Å². The molecule has 0 aliphatic rings. The summed E-state index contributed by atoms with van der Waals surface area (Å²) in [5, 5.41) is 2.46. The topological polar surface area (TPSA) is 71.1 Å². The molecule has 2 N–H and O–H groups in total. The van der Waals surface area contributed by atoms with Crippen LogP contribution in [-0.2, 0) is 10.0 Å².